The van der Waals surface area contributed by atoms with Crippen LogP contribution in [-0.4, -0.2) is 23.6 Å². The van der Waals surface area contributed by atoms with Crippen LogP contribution in [0.1, 0.15) is 54.4 Å². The fourth-order valence-electron chi connectivity index (χ4n) is 2.09. The van der Waals surface area contributed by atoms with Gasteiger partial charge in [0, 0.05) is 5.92 Å². The zero-order valence-corrected chi connectivity index (χ0v) is 12.2. The van der Waals surface area contributed by atoms with Gasteiger partial charge in [-0.1, -0.05) is 6.92 Å². The van der Waals surface area contributed by atoms with E-state index in [0.717, 1.165) is 6.42 Å². The van der Waals surface area contributed by atoms with Crippen molar-refractivity contribution >= 4 is 11.9 Å². The molecule has 2 unspecified atom stereocenters. The lowest BCUT2D eigenvalue weighted by Gasteiger charge is -2.35. The molecule has 0 aliphatic carbocycles. The van der Waals surface area contributed by atoms with Crippen LogP contribution in [0.15, 0.2) is 0 Å². The Hall–Kier alpha value is -1.06. The Balaban J connectivity index is 2.76. The maximum Gasteiger partial charge on any atom is 0.312 e. The minimum absolute atomic E-state index is 0.0818. The predicted octanol–water partition coefficient (Wildman–Crippen LogP) is 2.70. The van der Waals surface area contributed by atoms with Crippen LogP contribution in [-0.2, 0) is 19.1 Å². The van der Waals surface area contributed by atoms with E-state index in [2.05, 4.69) is 0 Å². The molecule has 4 heteroatoms. The minimum Gasteiger partial charge on any atom is -0.462 e. The van der Waals surface area contributed by atoms with Gasteiger partial charge in [-0.3, -0.25) is 9.59 Å². The van der Waals surface area contributed by atoms with E-state index < -0.39 is 11.0 Å². The van der Waals surface area contributed by atoms with Crippen LogP contribution in [0.25, 0.3) is 0 Å². The average Bonchev–Trinajstić information content (AvgIpc) is 2.58. The second-order valence-corrected chi connectivity index (χ2v) is 6.24. The van der Waals surface area contributed by atoms with Gasteiger partial charge in [-0.05, 0) is 41.0 Å². The third-order valence-corrected chi connectivity index (χ3v) is 3.96. The van der Waals surface area contributed by atoms with Crippen molar-refractivity contribution < 1.29 is 19.1 Å². The maximum atomic E-state index is 12.1. The highest BCUT2D eigenvalue weighted by Gasteiger charge is 2.46. The first kappa shape index (κ1) is 15.0. The fourth-order valence-corrected chi connectivity index (χ4v) is 2.09. The minimum atomic E-state index is -0.685. The summed E-state index contributed by atoms with van der Waals surface area (Å²) in [6, 6.07) is 0. The number of carbonyl (C=O) groups is 2. The van der Waals surface area contributed by atoms with E-state index in [-0.39, 0.29) is 24.0 Å². The van der Waals surface area contributed by atoms with Crippen molar-refractivity contribution in [1.29, 1.82) is 0 Å². The second kappa shape index (κ2) is 4.90. The molecule has 1 saturated heterocycles. The molecule has 0 aromatic carbocycles. The first-order chi connectivity index (χ1) is 8.10. The van der Waals surface area contributed by atoms with Gasteiger partial charge in [0.05, 0.1) is 11.8 Å². The lowest BCUT2D eigenvalue weighted by atomic mass is 9.84. The van der Waals surface area contributed by atoms with Gasteiger partial charge in [0.2, 0.25) is 0 Å². The molecule has 0 aromatic heterocycles. The Labute approximate surface area is 109 Å². The number of ether oxygens (including phenoxy) is 2. The van der Waals surface area contributed by atoms with Crippen LogP contribution in [0, 0.1) is 11.3 Å². The molecule has 1 fully saturated rings. The molecule has 1 heterocycles. The Morgan fingerprint density at radius 2 is 1.94 bits per heavy atom. The van der Waals surface area contributed by atoms with E-state index in [1.165, 1.54) is 0 Å². The van der Waals surface area contributed by atoms with E-state index >= 15 is 0 Å². The van der Waals surface area contributed by atoms with Crippen molar-refractivity contribution in [3.63, 3.8) is 0 Å². The van der Waals surface area contributed by atoms with Crippen LogP contribution in [0.5, 0.6) is 0 Å². The predicted molar refractivity (Wildman–Crippen MR) is 67.9 cm³/mol. The third kappa shape index (κ3) is 3.03. The van der Waals surface area contributed by atoms with E-state index in [1.54, 1.807) is 0 Å². The first-order valence-electron chi connectivity index (χ1n) is 6.53. The van der Waals surface area contributed by atoms with Gasteiger partial charge >= 0.3 is 11.9 Å². The summed E-state index contributed by atoms with van der Waals surface area (Å²) in [7, 11) is 0. The standard InChI is InChI=1S/C14H24O4/c1-7-13(3,4)12(16)18-14(5,6)10-8-11(15)17-9(10)2/h9-10H,7-8H2,1-6H3. The van der Waals surface area contributed by atoms with Crippen LogP contribution < -0.4 is 0 Å². The van der Waals surface area contributed by atoms with Crippen LogP contribution in [0.3, 0.4) is 0 Å². The molecule has 2 atom stereocenters. The second-order valence-electron chi connectivity index (χ2n) is 6.24. The Bertz CT molecular complexity index is 344. The maximum absolute atomic E-state index is 12.1. The molecular formula is C14H24O4. The zero-order valence-electron chi connectivity index (χ0n) is 12.2. The highest BCUT2D eigenvalue weighted by Crippen LogP contribution is 2.36. The van der Waals surface area contributed by atoms with E-state index in [0.29, 0.717) is 6.42 Å². The molecule has 0 N–H and O–H groups in total. The SMILES string of the molecule is CCC(C)(C)C(=O)OC(C)(C)C1CC(=O)OC1C. The topological polar surface area (TPSA) is 52.6 Å². The van der Waals surface area contributed by atoms with Gasteiger partial charge < -0.3 is 9.47 Å². The molecule has 0 bridgehead atoms. The first-order valence-corrected chi connectivity index (χ1v) is 6.53. The molecule has 104 valence electrons. The van der Waals surface area contributed by atoms with Crippen LogP contribution >= 0.6 is 0 Å². The van der Waals surface area contributed by atoms with Crippen molar-refractivity contribution in [2.24, 2.45) is 11.3 Å². The summed E-state index contributed by atoms with van der Waals surface area (Å²) in [5.74, 6) is -0.519. The number of rotatable bonds is 4. The monoisotopic (exact) mass is 256 g/mol. The summed E-state index contributed by atoms with van der Waals surface area (Å²) in [5, 5.41) is 0. The number of cyclic esters (lactones) is 1. The van der Waals surface area contributed by atoms with Gasteiger partial charge in [0.25, 0.3) is 0 Å². The highest BCUT2D eigenvalue weighted by molar-refractivity contribution is 5.76. The van der Waals surface area contributed by atoms with Crippen LogP contribution in [0.2, 0.25) is 0 Å². The van der Waals surface area contributed by atoms with Crippen molar-refractivity contribution in [2.75, 3.05) is 0 Å². The highest BCUT2D eigenvalue weighted by atomic mass is 16.6. The van der Waals surface area contributed by atoms with Gasteiger partial charge in [-0.2, -0.15) is 0 Å². The molecule has 18 heavy (non-hydrogen) atoms. The molecule has 4 nitrogen and oxygen atoms in total. The molecule has 1 aliphatic rings. The molecule has 0 amide bonds. The summed E-state index contributed by atoms with van der Waals surface area (Å²) in [5.41, 5.74) is -1.18. The Morgan fingerprint density at radius 3 is 2.33 bits per heavy atom. The lowest BCUT2D eigenvalue weighted by molar-refractivity contribution is -0.174. The van der Waals surface area contributed by atoms with Crippen molar-refractivity contribution in [3.05, 3.63) is 0 Å². The third-order valence-electron chi connectivity index (χ3n) is 3.96. The summed E-state index contributed by atoms with van der Waals surface area (Å²) in [6.45, 7) is 11.2. The van der Waals surface area contributed by atoms with Crippen molar-refractivity contribution in [1.82, 2.24) is 0 Å². The van der Waals surface area contributed by atoms with Crippen molar-refractivity contribution in [2.45, 2.75) is 66.1 Å². The smallest absolute Gasteiger partial charge is 0.312 e. The van der Waals surface area contributed by atoms with Gasteiger partial charge in [-0.15, -0.1) is 0 Å². The average molecular weight is 256 g/mol. The molecule has 0 spiro atoms. The number of carbonyl (C=O) groups excluding carboxylic acids is 2. The molecule has 1 aliphatic heterocycles. The molecule has 1 rings (SSSR count). The number of hydrogen-bond acceptors (Lipinski definition) is 4. The number of esters is 2. The molecule has 0 aromatic rings. The molecular weight excluding hydrogens is 232 g/mol. The quantitative estimate of drug-likeness (QED) is 0.726. The fraction of sp³-hybridized carbons (Fsp3) is 0.857. The summed E-state index contributed by atoms with van der Waals surface area (Å²) in [6.07, 6.45) is 0.830. The van der Waals surface area contributed by atoms with E-state index in [1.807, 2.05) is 41.5 Å². The van der Waals surface area contributed by atoms with Gasteiger partial charge in [0.1, 0.15) is 11.7 Å². The number of hydrogen-bond donors (Lipinski definition) is 0. The summed E-state index contributed by atoms with van der Waals surface area (Å²) < 4.78 is 10.7. The molecule has 0 saturated carbocycles. The van der Waals surface area contributed by atoms with Gasteiger partial charge in [-0.25, -0.2) is 0 Å². The Kier molecular flexibility index (Phi) is 4.08. The largest absolute Gasteiger partial charge is 0.462 e. The summed E-state index contributed by atoms with van der Waals surface area (Å²) >= 11 is 0. The summed E-state index contributed by atoms with van der Waals surface area (Å²) in [4.78, 5) is 23.4. The van der Waals surface area contributed by atoms with E-state index in [9.17, 15) is 9.59 Å². The van der Waals surface area contributed by atoms with Crippen LogP contribution in [0.4, 0.5) is 0 Å². The molecule has 0 radical (unpaired) electrons. The normalized spacial score (nSPS) is 24.9. The zero-order chi connectivity index (χ0) is 14.1. The van der Waals surface area contributed by atoms with E-state index in [4.69, 9.17) is 9.47 Å². The lowest BCUT2D eigenvalue weighted by Crippen LogP contribution is -2.43. The Morgan fingerprint density at radius 1 is 1.39 bits per heavy atom. The van der Waals surface area contributed by atoms with Crippen molar-refractivity contribution in [3.8, 4) is 0 Å². The van der Waals surface area contributed by atoms with Gasteiger partial charge in [0.15, 0.2) is 0 Å².